The molecular weight excluding hydrogens is 348 g/mol. The fraction of sp³-hybridized carbons (Fsp3) is 0.143. The summed E-state index contributed by atoms with van der Waals surface area (Å²) in [7, 11) is 0. The van der Waals surface area contributed by atoms with Gasteiger partial charge in [0.15, 0.2) is 0 Å². The summed E-state index contributed by atoms with van der Waals surface area (Å²) in [6.45, 7) is 0.857. The van der Waals surface area contributed by atoms with Crippen LogP contribution in [0.5, 0.6) is 0 Å². The molecule has 0 saturated heterocycles. The van der Waals surface area contributed by atoms with Gasteiger partial charge < -0.3 is 9.88 Å². The number of carbonyl (C=O) groups is 1. The highest BCUT2D eigenvalue weighted by Crippen LogP contribution is 2.15. The molecule has 26 heavy (non-hydrogen) atoms. The summed E-state index contributed by atoms with van der Waals surface area (Å²) in [6, 6.07) is 20.3. The monoisotopic (exact) mass is 366 g/mol. The van der Waals surface area contributed by atoms with E-state index in [2.05, 4.69) is 5.32 Å². The average molecular weight is 367 g/mol. The summed E-state index contributed by atoms with van der Waals surface area (Å²) < 4.78 is 1.49. The fourth-order valence-corrected chi connectivity index (χ4v) is 2.86. The van der Waals surface area contributed by atoms with Gasteiger partial charge in [0.1, 0.15) is 0 Å². The molecule has 0 atom stereocenters. The normalized spacial score (nSPS) is 10.5. The standard InChI is InChI=1S/C21H19ClN2O2/c22-19-9-5-4-8-17(19)14-24-15-18(10-11-20(24)25)21(26)23-13-12-16-6-2-1-3-7-16/h1-11,15H,12-14H2,(H,23,26). The molecule has 0 radical (unpaired) electrons. The summed E-state index contributed by atoms with van der Waals surface area (Å²) in [5, 5.41) is 3.48. The number of hydrogen-bond donors (Lipinski definition) is 1. The molecule has 0 spiro atoms. The van der Waals surface area contributed by atoms with Crippen LogP contribution in [0.2, 0.25) is 5.02 Å². The maximum atomic E-state index is 12.4. The highest BCUT2D eigenvalue weighted by Gasteiger charge is 2.09. The molecule has 3 aromatic rings. The molecule has 0 aliphatic rings. The molecule has 1 aromatic heterocycles. The van der Waals surface area contributed by atoms with E-state index >= 15 is 0 Å². The number of nitrogens with zero attached hydrogens (tertiary/aromatic N) is 1. The first-order chi connectivity index (χ1) is 12.6. The zero-order valence-electron chi connectivity index (χ0n) is 14.2. The van der Waals surface area contributed by atoms with Crippen LogP contribution in [0, 0.1) is 0 Å². The number of halogens is 1. The number of benzene rings is 2. The summed E-state index contributed by atoms with van der Waals surface area (Å²) >= 11 is 6.16. The van der Waals surface area contributed by atoms with Gasteiger partial charge in [-0.05, 0) is 29.7 Å². The molecule has 0 unspecified atom stereocenters. The van der Waals surface area contributed by atoms with Crippen molar-refractivity contribution in [2.75, 3.05) is 6.54 Å². The van der Waals surface area contributed by atoms with E-state index in [9.17, 15) is 9.59 Å². The zero-order chi connectivity index (χ0) is 18.4. The largest absolute Gasteiger partial charge is 0.352 e. The molecule has 1 N–H and O–H groups in total. The van der Waals surface area contributed by atoms with Gasteiger partial charge >= 0.3 is 0 Å². The zero-order valence-corrected chi connectivity index (χ0v) is 14.9. The van der Waals surface area contributed by atoms with E-state index in [0.29, 0.717) is 23.7 Å². The summed E-state index contributed by atoms with van der Waals surface area (Å²) in [5.41, 5.74) is 2.27. The number of hydrogen-bond acceptors (Lipinski definition) is 2. The van der Waals surface area contributed by atoms with Gasteiger partial charge in [-0.3, -0.25) is 9.59 Å². The first kappa shape index (κ1) is 18.0. The Morgan fingerprint density at radius 3 is 2.46 bits per heavy atom. The number of carbonyl (C=O) groups excluding carboxylic acids is 1. The Hall–Kier alpha value is -2.85. The van der Waals surface area contributed by atoms with Gasteiger partial charge in [-0.15, -0.1) is 0 Å². The Labute approximate surface area is 157 Å². The third-order valence-corrected chi connectivity index (χ3v) is 4.45. The van der Waals surface area contributed by atoms with Crippen LogP contribution in [-0.4, -0.2) is 17.0 Å². The van der Waals surface area contributed by atoms with Crippen molar-refractivity contribution >= 4 is 17.5 Å². The predicted octanol–water partition coefficient (Wildman–Crippen LogP) is 3.52. The van der Waals surface area contributed by atoms with Crippen LogP contribution in [0.15, 0.2) is 77.7 Å². The van der Waals surface area contributed by atoms with Gasteiger partial charge in [-0.2, -0.15) is 0 Å². The van der Waals surface area contributed by atoms with E-state index in [0.717, 1.165) is 17.5 Å². The van der Waals surface area contributed by atoms with Gasteiger partial charge in [-0.1, -0.05) is 60.1 Å². The van der Waals surface area contributed by atoms with E-state index in [-0.39, 0.29) is 11.5 Å². The van der Waals surface area contributed by atoms with Crippen molar-refractivity contribution < 1.29 is 4.79 Å². The molecule has 4 nitrogen and oxygen atoms in total. The minimum Gasteiger partial charge on any atom is -0.352 e. The summed E-state index contributed by atoms with van der Waals surface area (Å²) in [6.07, 6.45) is 2.33. The van der Waals surface area contributed by atoms with Crippen LogP contribution < -0.4 is 10.9 Å². The summed E-state index contributed by atoms with van der Waals surface area (Å²) in [5.74, 6) is -0.200. The molecule has 1 amide bonds. The SMILES string of the molecule is O=C(NCCc1ccccc1)c1ccc(=O)n(Cc2ccccc2Cl)c1. The lowest BCUT2D eigenvalue weighted by atomic mass is 10.1. The molecule has 132 valence electrons. The second kappa shape index (κ2) is 8.50. The lowest BCUT2D eigenvalue weighted by Crippen LogP contribution is -2.28. The van der Waals surface area contributed by atoms with E-state index in [1.165, 1.54) is 10.6 Å². The highest BCUT2D eigenvalue weighted by atomic mass is 35.5. The van der Waals surface area contributed by atoms with Crippen molar-refractivity contribution in [3.05, 3.63) is 105 Å². The first-order valence-electron chi connectivity index (χ1n) is 8.39. The van der Waals surface area contributed by atoms with Gasteiger partial charge in [0.05, 0.1) is 12.1 Å². The Kier molecular flexibility index (Phi) is 5.87. The molecule has 1 heterocycles. The molecule has 0 bridgehead atoms. The summed E-state index contributed by atoms with van der Waals surface area (Å²) in [4.78, 5) is 24.5. The van der Waals surface area contributed by atoms with E-state index < -0.39 is 0 Å². The Bertz CT molecular complexity index is 951. The average Bonchev–Trinajstić information content (AvgIpc) is 2.66. The molecule has 0 aliphatic heterocycles. The van der Waals surface area contributed by atoms with Gasteiger partial charge in [0, 0.05) is 23.8 Å². The number of rotatable bonds is 6. The van der Waals surface area contributed by atoms with Crippen LogP contribution in [-0.2, 0) is 13.0 Å². The first-order valence-corrected chi connectivity index (χ1v) is 8.77. The van der Waals surface area contributed by atoms with Crippen molar-refractivity contribution in [2.24, 2.45) is 0 Å². The molecular formula is C21H19ClN2O2. The van der Waals surface area contributed by atoms with Crippen molar-refractivity contribution in [1.82, 2.24) is 9.88 Å². The number of nitrogens with one attached hydrogen (secondary N) is 1. The van der Waals surface area contributed by atoms with Crippen LogP contribution in [0.1, 0.15) is 21.5 Å². The minimum atomic E-state index is -0.200. The van der Waals surface area contributed by atoms with Gasteiger partial charge in [0.25, 0.3) is 11.5 Å². The number of aromatic nitrogens is 1. The van der Waals surface area contributed by atoms with E-state index in [1.54, 1.807) is 18.3 Å². The van der Waals surface area contributed by atoms with Crippen molar-refractivity contribution in [3.63, 3.8) is 0 Å². The highest BCUT2D eigenvalue weighted by molar-refractivity contribution is 6.31. The lowest BCUT2D eigenvalue weighted by Gasteiger charge is -2.10. The van der Waals surface area contributed by atoms with E-state index in [1.807, 2.05) is 48.5 Å². The maximum absolute atomic E-state index is 12.4. The lowest BCUT2D eigenvalue weighted by molar-refractivity contribution is 0.0953. The Morgan fingerprint density at radius 1 is 0.962 bits per heavy atom. The Balaban J connectivity index is 1.67. The van der Waals surface area contributed by atoms with Crippen molar-refractivity contribution in [1.29, 1.82) is 0 Å². The maximum Gasteiger partial charge on any atom is 0.252 e. The minimum absolute atomic E-state index is 0.175. The van der Waals surface area contributed by atoms with Crippen molar-refractivity contribution in [2.45, 2.75) is 13.0 Å². The van der Waals surface area contributed by atoms with Gasteiger partial charge in [-0.25, -0.2) is 0 Å². The third-order valence-electron chi connectivity index (χ3n) is 4.09. The molecule has 5 heteroatoms. The Morgan fingerprint density at radius 2 is 1.69 bits per heavy atom. The fourth-order valence-electron chi connectivity index (χ4n) is 2.67. The third kappa shape index (κ3) is 4.61. The van der Waals surface area contributed by atoms with Crippen LogP contribution >= 0.6 is 11.6 Å². The molecule has 0 aliphatic carbocycles. The predicted molar refractivity (Wildman–Crippen MR) is 104 cm³/mol. The van der Waals surface area contributed by atoms with Crippen LogP contribution in [0.4, 0.5) is 0 Å². The van der Waals surface area contributed by atoms with Crippen molar-refractivity contribution in [3.8, 4) is 0 Å². The molecule has 0 fully saturated rings. The van der Waals surface area contributed by atoms with Gasteiger partial charge in [0.2, 0.25) is 0 Å². The second-order valence-electron chi connectivity index (χ2n) is 5.97. The second-order valence-corrected chi connectivity index (χ2v) is 6.37. The quantitative estimate of drug-likeness (QED) is 0.725. The van der Waals surface area contributed by atoms with E-state index in [4.69, 9.17) is 11.6 Å². The molecule has 2 aromatic carbocycles. The smallest absolute Gasteiger partial charge is 0.252 e. The molecule has 0 saturated carbocycles. The molecule has 3 rings (SSSR count). The number of pyridine rings is 1. The van der Waals surface area contributed by atoms with Crippen LogP contribution in [0.25, 0.3) is 0 Å². The number of amides is 1. The topological polar surface area (TPSA) is 51.1 Å². The van der Waals surface area contributed by atoms with Crippen LogP contribution in [0.3, 0.4) is 0 Å².